The van der Waals surface area contributed by atoms with Crippen LogP contribution in [0.5, 0.6) is 23.0 Å². The Hall–Kier alpha value is -3.70. The van der Waals surface area contributed by atoms with Crippen LogP contribution in [0, 0.1) is 18.8 Å². The number of rotatable bonds is 14. The number of hydrogen-bond acceptors (Lipinski definition) is 9. The fourth-order valence-electron chi connectivity index (χ4n) is 6.51. The Bertz CT molecular complexity index is 1300. The topological polar surface area (TPSA) is 153 Å². The molecule has 2 aromatic carbocycles. The van der Waals surface area contributed by atoms with Gasteiger partial charge in [-0.05, 0) is 86.3 Å². The van der Waals surface area contributed by atoms with Crippen molar-refractivity contribution >= 4 is 12.0 Å². The normalized spacial score (nSPS) is 21.6. The number of carbonyl (C=O) groups is 2. The highest BCUT2D eigenvalue weighted by Crippen LogP contribution is 2.55. The lowest BCUT2D eigenvalue weighted by molar-refractivity contribution is -0.141. The predicted molar refractivity (Wildman–Crippen MR) is 161 cm³/mol. The summed E-state index contributed by atoms with van der Waals surface area (Å²) in [6, 6.07) is 6.70. The lowest BCUT2D eigenvalue weighted by Crippen LogP contribution is -2.46. The molecule has 0 spiro atoms. The first-order valence-electron chi connectivity index (χ1n) is 15.4. The Balaban J connectivity index is 1.29. The molecule has 0 radical (unpaired) electrons. The monoisotopic (exact) mass is 596 g/mol. The van der Waals surface area contributed by atoms with Crippen LogP contribution in [0.2, 0.25) is 0 Å². The molecule has 11 nitrogen and oxygen atoms in total. The van der Waals surface area contributed by atoms with Crippen LogP contribution in [-0.4, -0.2) is 63.8 Å². The second kappa shape index (κ2) is 14.2. The van der Waals surface area contributed by atoms with E-state index in [2.05, 4.69) is 16.0 Å². The molecule has 5 rings (SSSR count). The van der Waals surface area contributed by atoms with E-state index >= 15 is 0 Å². The molecule has 2 aromatic rings. The maximum absolute atomic E-state index is 13.3. The van der Waals surface area contributed by atoms with Crippen LogP contribution >= 0.6 is 0 Å². The summed E-state index contributed by atoms with van der Waals surface area (Å²) in [5, 5.41) is 20.0. The minimum absolute atomic E-state index is 0.0602. The molecular formula is C32H44N4O7. The molecule has 2 heterocycles. The minimum atomic E-state index is -0.545. The average Bonchev–Trinajstić information content (AvgIpc) is 3.62. The summed E-state index contributed by atoms with van der Waals surface area (Å²) in [5.74, 6) is 0.0304. The highest BCUT2D eigenvalue weighted by Gasteiger charge is 2.53. The molecule has 234 valence electrons. The number of unbranched alkanes of at least 4 members (excludes halogenated alkanes) is 4. The fourth-order valence-corrected chi connectivity index (χ4v) is 6.51. The summed E-state index contributed by atoms with van der Waals surface area (Å²) >= 11 is 0. The summed E-state index contributed by atoms with van der Waals surface area (Å²) in [7, 11) is 1.50. The van der Waals surface area contributed by atoms with E-state index in [1.165, 1.54) is 7.11 Å². The molecule has 0 aromatic heterocycles. The Morgan fingerprint density at radius 2 is 1.67 bits per heavy atom. The number of esters is 1. The van der Waals surface area contributed by atoms with Gasteiger partial charge in [0.05, 0.1) is 25.7 Å². The first-order chi connectivity index (χ1) is 20.9. The fraction of sp³-hybridized carbons (Fsp3) is 0.562. The number of fused-ring (bicyclic) bond motifs is 3. The lowest BCUT2D eigenvalue weighted by Gasteiger charge is -2.39. The van der Waals surface area contributed by atoms with Gasteiger partial charge in [0.15, 0.2) is 23.0 Å². The molecule has 1 fully saturated rings. The van der Waals surface area contributed by atoms with Gasteiger partial charge in [-0.15, -0.1) is 0 Å². The number of phenols is 1. The van der Waals surface area contributed by atoms with Gasteiger partial charge in [-0.3, -0.25) is 4.79 Å². The van der Waals surface area contributed by atoms with Crippen molar-refractivity contribution in [1.29, 1.82) is 0 Å². The number of cyclic esters (lactones) is 1. The number of ether oxygens (including phenoxy) is 4. The summed E-state index contributed by atoms with van der Waals surface area (Å²) < 4.78 is 22.5. The van der Waals surface area contributed by atoms with Crippen molar-refractivity contribution in [3.8, 4) is 23.0 Å². The van der Waals surface area contributed by atoms with Gasteiger partial charge in [0, 0.05) is 18.4 Å². The van der Waals surface area contributed by atoms with E-state index in [1.807, 2.05) is 18.2 Å². The van der Waals surface area contributed by atoms with Crippen molar-refractivity contribution in [3.05, 3.63) is 46.5 Å². The number of aryl methyl sites for hydroxylation is 1. The SMILES string of the molecule is COc1cc(C2c3cc4c(cc3[C@@H](NC(=O)NCCCCCCCNCCCN)[C@H]3COC(=O)[C@H]23)OCO4)cc(C)c1O. The van der Waals surface area contributed by atoms with E-state index in [-0.39, 0.29) is 37.1 Å². The number of carbonyl (C=O) groups excluding carboxylic acids is 2. The van der Waals surface area contributed by atoms with Crippen molar-refractivity contribution < 1.29 is 33.6 Å². The molecule has 1 aliphatic carbocycles. The van der Waals surface area contributed by atoms with Crippen LogP contribution in [0.1, 0.15) is 72.7 Å². The van der Waals surface area contributed by atoms with Crippen LogP contribution in [0.4, 0.5) is 4.79 Å². The molecular weight excluding hydrogens is 552 g/mol. The zero-order chi connectivity index (χ0) is 30.3. The van der Waals surface area contributed by atoms with Crippen LogP contribution < -0.4 is 35.9 Å². The van der Waals surface area contributed by atoms with Crippen LogP contribution in [-0.2, 0) is 9.53 Å². The van der Waals surface area contributed by atoms with E-state index < -0.39 is 17.9 Å². The minimum Gasteiger partial charge on any atom is -0.504 e. The van der Waals surface area contributed by atoms with E-state index in [0.29, 0.717) is 29.4 Å². The number of methoxy groups -OCH3 is 1. The average molecular weight is 597 g/mol. The smallest absolute Gasteiger partial charge is 0.315 e. The zero-order valence-corrected chi connectivity index (χ0v) is 25.1. The number of nitrogens with one attached hydrogen (secondary N) is 3. The third kappa shape index (κ3) is 6.78. The maximum atomic E-state index is 13.3. The Kier molecular flexibility index (Phi) is 10.1. The van der Waals surface area contributed by atoms with Gasteiger partial charge in [0.2, 0.25) is 6.79 Å². The summed E-state index contributed by atoms with van der Waals surface area (Å²) in [6.45, 7) is 5.36. The summed E-state index contributed by atoms with van der Waals surface area (Å²) in [5.41, 5.74) is 8.67. The van der Waals surface area contributed by atoms with Gasteiger partial charge in [-0.25, -0.2) is 4.79 Å². The number of urea groups is 1. The second-order valence-electron chi connectivity index (χ2n) is 11.6. The predicted octanol–water partition coefficient (Wildman–Crippen LogP) is 3.60. The summed E-state index contributed by atoms with van der Waals surface area (Å²) in [6.07, 6.45) is 6.36. The van der Waals surface area contributed by atoms with Crippen LogP contribution in [0.15, 0.2) is 24.3 Å². The zero-order valence-electron chi connectivity index (χ0n) is 25.1. The third-order valence-electron chi connectivity index (χ3n) is 8.71. The molecule has 43 heavy (non-hydrogen) atoms. The Labute approximate surface area is 252 Å². The molecule has 0 bridgehead atoms. The molecule has 4 atom stereocenters. The second-order valence-corrected chi connectivity index (χ2v) is 11.6. The number of phenolic OH excluding ortho intramolecular Hbond substituents is 1. The summed E-state index contributed by atoms with van der Waals surface area (Å²) in [4.78, 5) is 26.4. The van der Waals surface area contributed by atoms with Crippen molar-refractivity contribution in [3.63, 3.8) is 0 Å². The molecule has 2 aliphatic heterocycles. The number of benzene rings is 2. The molecule has 0 saturated carbocycles. The van der Waals surface area contributed by atoms with Gasteiger partial charge in [0.1, 0.15) is 0 Å². The molecule has 2 amide bonds. The molecule has 3 aliphatic rings. The first-order valence-corrected chi connectivity index (χ1v) is 15.4. The first kappa shape index (κ1) is 30.7. The number of nitrogens with two attached hydrogens (primary N) is 1. The van der Waals surface area contributed by atoms with Crippen molar-refractivity contribution in [2.75, 3.05) is 46.7 Å². The van der Waals surface area contributed by atoms with Crippen molar-refractivity contribution in [1.82, 2.24) is 16.0 Å². The van der Waals surface area contributed by atoms with Crippen LogP contribution in [0.3, 0.4) is 0 Å². The van der Waals surface area contributed by atoms with Gasteiger partial charge < -0.3 is 45.7 Å². The van der Waals surface area contributed by atoms with Crippen molar-refractivity contribution in [2.24, 2.45) is 17.6 Å². The number of amides is 2. The maximum Gasteiger partial charge on any atom is 0.315 e. The van der Waals surface area contributed by atoms with Crippen molar-refractivity contribution in [2.45, 2.75) is 57.4 Å². The van der Waals surface area contributed by atoms with E-state index in [4.69, 9.17) is 24.7 Å². The Morgan fingerprint density at radius 3 is 2.42 bits per heavy atom. The van der Waals surface area contributed by atoms with Gasteiger partial charge >= 0.3 is 12.0 Å². The van der Waals surface area contributed by atoms with Gasteiger partial charge in [0.25, 0.3) is 0 Å². The van der Waals surface area contributed by atoms with Crippen LogP contribution in [0.25, 0.3) is 0 Å². The third-order valence-corrected chi connectivity index (χ3v) is 8.71. The quantitative estimate of drug-likeness (QED) is 0.163. The highest BCUT2D eigenvalue weighted by molar-refractivity contribution is 5.80. The largest absolute Gasteiger partial charge is 0.504 e. The van der Waals surface area contributed by atoms with E-state index in [1.54, 1.807) is 13.0 Å². The molecule has 1 unspecified atom stereocenters. The highest BCUT2D eigenvalue weighted by atomic mass is 16.7. The Morgan fingerprint density at radius 1 is 0.977 bits per heavy atom. The number of hydrogen-bond donors (Lipinski definition) is 5. The molecule has 1 saturated heterocycles. The molecule has 11 heteroatoms. The lowest BCUT2D eigenvalue weighted by atomic mass is 9.65. The van der Waals surface area contributed by atoms with Gasteiger partial charge in [-0.2, -0.15) is 0 Å². The van der Waals surface area contributed by atoms with E-state index in [0.717, 1.165) is 74.8 Å². The molecule has 6 N–H and O–H groups in total. The number of aromatic hydroxyl groups is 1. The van der Waals surface area contributed by atoms with Gasteiger partial charge in [-0.1, -0.05) is 25.3 Å². The van der Waals surface area contributed by atoms with E-state index in [9.17, 15) is 14.7 Å². The standard InChI is InChI=1S/C32H44N4O7/c1-19-13-20(14-26(40-2)30(19)37)27-21-15-24-25(43-18-42-24)16-22(21)29(23-17-41-31(38)28(23)27)36-32(39)35-12-7-5-3-4-6-10-34-11-8-9-33/h13-16,23,27-29,34,37H,3-12,17-18,33H2,1-2H3,(H2,35,36,39)/t23-,27?,28-,29+/m0/s1.